The molecule has 0 bridgehead atoms. The fraction of sp³-hybridized carbons (Fsp3) is 0.143. The first-order valence-electron chi connectivity index (χ1n) is 11.7. The number of nitrogens with zero attached hydrogens (tertiary/aromatic N) is 3. The van der Waals surface area contributed by atoms with Crippen LogP contribution in [-0.4, -0.2) is 48.6 Å². The topological polar surface area (TPSA) is 114 Å². The molecule has 1 atom stereocenters. The number of benzene rings is 3. The molecule has 0 N–H and O–H groups in total. The van der Waals surface area contributed by atoms with Crippen LogP contribution in [0.15, 0.2) is 96.2 Å². The van der Waals surface area contributed by atoms with Gasteiger partial charge in [0, 0.05) is 18.9 Å². The first-order valence-corrected chi connectivity index (χ1v) is 13.2. The van der Waals surface area contributed by atoms with Gasteiger partial charge in [-0.1, -0.05) is 36.4 Å². The summed E-state index contributed by atoms with van der Waals surface area (Å²) in [5.74, 6) is -1.78. The Morgan fingerprint density at radius 3 is 2.42 bits per heavy atom. The fourth-order valence-corrected chi connectivity index (χ4v) is 6.08. The van der Waals surface area contributed by atoms with Crippen molar-refractivity contribution < 1.29 is 27.5 Å². The minimum atomic E-state index is -4.21. The minimum Gasteiger partial charge on any atom is -0.465 e. The molecule has 0 aliphatic carbocycles. The Balaban J connectivity index is 1.53. The quantitative estimate of drug-likeness (QED) is 0.266. The number of esters is 1. The zero-order valence-corrected chi connectivity index (χ0v) is 21.2. The molecule has 1 aliphatic heterocycles. The standard InChI is InChI=1S/C28H23N3O6S/c1-37-28(34)21-8-11-23(12-9-21)31-26(32)16-25(27(31)33)30(18-19-5-4-14-29-17-19)38(35,36)24-13-10-20-6-2-3-7-22(20)15-24/h2-15,17,25H,16,18H2,1H3. The van der Waals surface area contributed by atoms with Crippen LogP contribution >= 0.6 is 0 Å². The third-order valence-corrected chi connectivity index (χ3v) is 8.26. The first kappa shape index (κ1) is 25.2. The SMILES string of the molecule is COC(=O)c1ccc(N2C(=O)CC(N(Cc3cccnc3)S(=O)(=O)c3ccc4ccccc4c3)C2=O)cc1. The number of anilines is 1. The second kappa shape index (κ2) is 10.2. The van der Waals surface area contributed by atoms with Gasteiger partial charge in [-0.2, -0.15) is 4.31 Å². The molecule has 1 fully saturated rings. The number of aromatic nitrogens is 1. The van der Waals surface area contributed by atoms with E-state index in [2.05, 4.69) is 4.98 Å². The van der Waals surface area contributed by atoms with Crippen molar-refractivity contribution in [3.63, 3.8) is 0 Å². The van der Waals surface area contributed by atoms with Crippen molar-refractivity contribution in [1.82, 2.24) is 9.29 Å². The van der Waals surface area contributed by atoms with Gasteiger partial charge in [0.05, 0.1) is 29.7 Å². The van der Waals surface area contributed by atoms with E-state index in [0.717, 1.165) is 20.0 Å². The molecule has 1 saturated heterocycles. The third-order valence-electron chi connectivity index (χ3n) is 6.41. The van der Waals surface area contributed by atoms with Crippen molar-refractivity contribution in [2.45, 2.75) is 23.9 Å². The maximum atomic E-state index is 14.0. The Labute approximate surface area is 219 Å². The molecule has 0 saturated carbocycles. The Morgan fingerprint density at radius 1 is 1.00 bits per heavy atom. The molecule has 38 heavy (non-hydrogen) atoms. The zero-order chi connectivity index (χ0) is 26.9. The second-order valence-electron chi connectivity index (χ2n) is 8.75. The largest absolute Gasteiger partial charge is 0.465 e. The summed E-state index contributed by atoms with van der Waals surface area (Å²) >= 11 is 0. The number of fused-ring (bicyclic) bond motifs is 1. The molecule has 1 unspecified atom stereocenters. The van der Waals surface area contributed by atoms with Crippen LogP contribution in [0.3, 0.4) is 0 Å². The van der Waals surface area contributed by atoms with E-state index in [1.165, 1.54) is 43.6 Å². The fourth-order valence-electron chi connectivity index (χ4n) is 4.47. The number of sulfonamides is 1. The van der Waals surface area contributed by atoms with Crippen LogP contribution in [0.4, 0.5) is 5.69 Å². The molecule has 192 valence electrons. The molecule has 9 nitrogen and oxygen atoms in total. The lowest BCUT2D eigenvalue weighted by atomic mass is 10.1. The van der Waals surface area contributed by atoms with Gasteiger partial charge < -0.3 is 4.74 Å². The summed E-state index contributed by atoms with van der Waals surface area (Å²) in [6, 6.07) is 20.0. The Hall–Kier alpha value is -4.41. The molecule has 1 aliphatic rings. The van der Waals surface area contributed by atoms with Crippen LogP contribution in [0.25, 0.3) is 10.8 Å². The van der Waals surface area contributed by atoms with Gasteiger partial charge in [-0.15, -0.1) is 0 Å². The van der Waals surface area contributed by atoms with Crippen LogP contribution in [0.2, 0.25) is 0 Å². The number of rotatable bonds is 7. The molecule has 0 spiro atoms. The number of pyridine rings is 1. The molecule has 2 heterocycles. The number of ether oxygens (including phenoxy) is 1. The summed E-state index contributed by atoms with van der Waals surface area (Å²) in [5, 5.41) is 1.61. The maximum Gasteiger partial charge on any atom is 0.337 e. The Morgan fingerprint density at radius 2 is 1.74 bits per heavy atom. The van der Waals surface area contributed by atoms with Crippen molar-refractivity contribution in [3.8, 4) is 0 Å². The number of carbonyl (C=O) groups excluding carboxylic acids is 3. The highest BCUT2D eigenvalue weighted by atomic mass is 32.2. The molecular weight excluding hydrogens is 506 g/mol. The van der Waals surface area contributed by atoms with E-state index in [1.54, 1.807) is 30.5 Å². The van der Waals surface area contributed by atoms with Crippen molar-refractivity contribution >= 4 is 44.3 Å². The predicted octanol–water partition coefficient (Wildman–Crippen LogP) is 3.54. The lowest BCUT2D eigenvalue weighted by molar-refractivity contribution is -0.122. The van der Waals surface area contributed by atoms with Crippen LogP contribution in [0.1, 0.15) is 22.3 Å². The number of methoxy groups -OCH3 is 1. The second-order valence-corrected chi connectivity index (χ2v) is 10.6. The average molecular weight is 530 g/mol. The lowest BCUT2D eigenvalue weighted by Gasteiger charge is -2.27. The van der Waals surface area contributed by atoms with Crippen LogP contribution in [0, 0.1) is 0 Å². The highest BCUT2D eigenvalue weighted by molar-refractivity contribution is 7.89. The molecule has 1 aromatic heterocycles. The summed E-state index contributed by atoms with van der Waals surface area (Å²) in [6.45, 7) is -0.151. The van der Waals surface area contributed by atoms with E-state index >= 15 is 0 Å². The molecule has 3 aromatic carbocycles. The van der Waals surface area contributed by atoms with Gasteiger partial charge >= 0.3 is 5.97 Å². The summed E-state index contributed by atoms with van der Waals surface area (Å²) in [5.41, 5.74) is 1.06. The Bertz CT molecular complexity index is 1640. The summed E-state index contributed by atoms with van der Waals surface area (Å²) in [6.07, 6.45) is 2.76. The molecule has 0 radical (unpaired) electrons. The summed E-state index contributed by atoms with van der Waals surface area (Å²) in [4.78, 5) is 43.5. The van der Waals surface area contributed by atoms with Gasteiger partial charge in [-0.05, 0) is 58.8 Å². The molecule has 5 rings (SSSR count). The zero-order valence-electron chi connectivity index (χ0n) is 20.4. The van der Waals surface area contributed by atoms with Gasteiger partial charge in [0.2, 0.25) is 15.9 Å². The predicted molar refractivity (Wildman–Crippen MR) is 140 cm³/mol. The van der Waals surface area contributed by atoms with E-state index in [4.69, 9.17) is 4.74 Å². The highest BCUT2D eigenvalue weighted by Gasteiger charge is 2.47. The Kier molecular flexibility index (Phi) is 6.75. The van der Waals surface area contributed by atoms with Gasteiger partial charge in [0.25, 0.3) is 5.91 Å². The average Bonchev–Trinajstić information content (AvgIpc) is 3.24. The first-order chi connectivity index (χ1) is 18.3. The molecule has 4 aromatic rings. The normalized spacial score (nSPS) is 15.8. The number of carbonyl (C=O) groups is 3. The van der Waals surface area contributed by atoms with E-state index in [-0.39, 0.29) is 29.1 Å². The third kappa shape index (κ3) is 4.67. The van der Waals surface area contributed by atoms with E-state index in [1.807, 2.05) is 24.3 Å². The lowest BCUT2D eigenvalue weighted by Crippen LogP contribution is -2.45. The summed E-state index contributed by atoms with van der Waals surface area (Å²) < 4.78 is 33.7. The van der Waals surface area contributed by atoms with Crippen molar-refractivity contribution in [2.24, 2.45) is 0 Å². The number of imide groups is 1. The summed E-state index contributed by atoms with van der Waals surface area (Å²) in [7, 11) is -2.96. The smallest absolute Gasteiger partial charge is 0.337 e. The molecule has 10 heteroatoms. The molecule has 2 amide bonds. The molecular formula is C28H23N3O6S. The van der Waals surface area contributed by atoms with Crippen molar-refractivity contribution in [3.05, 3.63) is 102 Å². The number of amides is 2. The van der Waals surface area contributed by atoms with Gasteiger partial charge in [-0.3, -0.25) is 14.6 Å². The monoisotopic (exact) mass is 529 g/mol. The van der Waals surface area contributed by atoms with Crippen LogP contribution in [0.5, 0.6) is 0 Å². The maximum absolute atomic E-state index is 14.0. The van der Waals surface area contributed by atoms with E-state index in [0.29, 0.717) is 5.56 Å². The van der Waals surface area contributed by atoms with Gasteiger partial charge in [0.1, 0.15) is 6.04 Å². The van der Waals surface area contributed by atoms with Gasteiger partial charge in [-0.25, -0.2) is 18.1 Å². The van der Waals surface area contributed by atoms with E-state index in [9.17, 15) is 22.8 Å². The number of hydrogen-bond acceptors (Lipinski definition) is 7. The highest BCUT2D eigenvalue weighted by Crippen LogP contribution is 2.31. The van der Waals surface area contributed by atoms with Crippen molar-refractivity contribution in [1.29, 1.82) is 0 Å². The van der Waals surface area contributed by atoms with Gasteiger partial charge in [0.15, 0.2) is 0 Å². The van der Waals surface area contributed by atoms with Crippen molar-refractivity contribution in [2.75, 3.05) is 12.0 Å². The van der Waals surface area contributed by atoms with Crippen LogP contribution in [-0.2, 0) is 30.9 Å². The van der Waals surface area contributed by atoms with Crippen LogP contribution < -0.4 is 4.90 Å². The number of hydrogen-bond donors (Lipinski definition) is 0. The van der Waals surface area contributed by atoms with E-state index < -0.39 is 33.8 Å². The minimum absolute atomic E-state index is 0.0150.